The van der Waals surface area contributed by atoms with Gasteiger partial charge < -0.3 is 9.88 Å². The summed E-state index contributed by atoms with van der Waals surface area (Å²) >= 11 is 6.02. The molecule has 2 aromatic carbocycles. The zero-order valence-corrected chi connectivity index (χ0v) is 18.7. The Morgan fingerprint density at radius 2 is 1.90 bits per heavy atom. The molecule has 162 valence electrons. The van der Waals surface area contributed by atoms with Crippen LogP contribution in [0.4, 0.5) is 0 Å². The van der Waals surface area contributed by atoms with E-state index < -0.39 is 16.1 Å². The van der Waals surface area contributed by atoms with E-state index in [4.69, 9.17) is 11.6 Å². The number of imidazole rings is 1. The van der Waals surface area contributed by atoms with Crippen LogP contribution in [-0.2, 0) is 17.1 Å². The first-order valence-electron chi connectivity index (χ1n) is 9.91. The number of benzene rings is 2. The number of rotatable bonds is 7. The Labute approximate surface area is 186 Å². The number of carbonyl (C=O) groups is 1. The molecule has 1 amide bonds. The van der Waals surface area contributed by atoms with Crippen molar-refractivity contribution in [2.24, 2.45) is 7.05 Å². The summed E-state index contributed by atoms with van der Waals surface area (Å²) in [6, 6.07) is 11.2. The Balaban J connectivity index is 1.66. The number of nitrogens with zero attached hydrogens (tertiary/aromatic N) is 2. The first-order valence-corrected chi connectivity index (χ1v) is 11.8. The van der Waals surface area contributed by atoms with E-state index in [1.807, 2.05) is 23.7 Å². The van der Waals surface area contributed by atoms with Crippen molar-refractivity contribution < 1.29 is 13.2 Å². The summed E-state index contributed by atoms with van der Waals surface area (Å²) in [5.41, 5.74) is 1.79. The van der Waals surface area contributed by atoms with Gasteiger partial charge in [0.1, 0.15) is 11.9 Å². The molecule has 1 heterocycles. The standard InChI is InChI=1S/C22H23ClN4O3S/c1-14-3-10-18(31(29,30)26-17-8-9-17)13-19(14)22(28)25-20(21-24-11-12-27(21)2)15-4-6-16(23)7-5-15/h3-7,10-13,17,20,26H,8-9H2,1-2H3,(H,25,28)/t20-/m1/s1. The van der Waals surface area contributed by atoms with Crippen LogP contribution in [0.2, 0.25) is 5.02 Å². The van der Waals surface area contributed by atoms with Gasteiger partial charge in [-0.2, -0.15) is 0 Å². The molecule has 0 bridgehead atoms. The van der Waals surface area contributed by atoms with Crippen molar-refractivity contribution in [1.82, 2.24) is 19.6 Å². The van der Waals surface area contributed by atoms with E-state index in [0.29, 0.717) is 22.0 Å². The predicted octanol–water partition coefficient (Wildman–Crippen LogP) is 3.34. The molecule has 1 aliphatic rings. The van der Waals surface area contributed by atoms with Crippen LogP contribution in [0.15, 0.2) is 59.8 Å². The molecule has 2 N–H and O–H groups in total. The second-order valence-electron chi connectivity index (χ2n) is 7.73. The largest absolute Gasteiger partial charge is 0.338 e. The average Bonchev–Trinajstić information content (AvgIpc) is 3.43. The van der Waals surface area contributed by atoms with Crippen molar-refractivity contribution in [3.05, 3.63) is 82.4 Å². The summed E-state index contributed by atoms with van der Waals surface area (Å²) in [4.78, 5) is 17.7. The first kappa shape index (κ1) is 21.5. The maximum atomic E-state index is 13.2. The lowest BCUT2D eigenvalue weighted by molar-refractivity contribution is 0.0940. The normalized spacial score (nSPS) is 14.9. The Bertz CT molecular complexity index is 1220. The highest BCUT2D eigenvalue weighted by atomic mass is 35.5. The Hall–Kier alpha value is -2.68. The van der Waals surface area contributed by atoms with Gasteiger partial charge in [-0.1, -0.05) is 29.8 Å². The van der Waals surface area contributed by atoms with E-state index in [1.54, 1.807) is 37.5 Å². The molecule has 0 aliphatic heterocycles. The van der Waals surface area contributed by atoms with Gasteiger partial charge in [0.05, 0.1) is 4.90 Å². The van der Waals surface area contributed by atoms with Crippen molar-refractivity contribution >= 4 is 27.5 Å². The highest BCUT2D eigenvalue weighted by molar-refractivity contribution is 7.89. The van der Waals surface area contributed by atoms with Crippen LogP contribution in [0, 0.1) is 6.92 Å². The summed E-state index contributed by atoms with van der Waals surface area (Å²) < 4.78 is 29.7. The van der Waals surface area contributed by atoms with Crippen LogP contribution in [0.1, 0.15) is 46.2 Å². The molecule has 4 rings (SSSR count). The van der Waals surface area contributed by atoms with Crippen LogP contribution >= 0.6 is 11.6 Å². The number of nitrogens with one attached hydrogen (secondary N) is 2. The lowest BCUT2D eigenvalue weighted by atomic mass is 10.0. The molecular formula is C22H23ClN4O3S. The van der Waals surface area contributed by atoms with E-state index >= 15 is 0 Å². The second kappa shape index (κ2) is 8.45. The quantitative estimate of drug-likeness (QED) is 0.567. The summed E-state index contributed by atoms with van der Waals surface area (Å²) in [5, 5.41) is 3.59. The lowest BCUT2D eigenvalue weighted by Crippen LogP contribution is -2.32. The number of aromatic nitrogens is 2. The van der Waals surface area contributed by atoms with Crippen molar-refractivity contribution in [2.75, 3.05) is 0 Å². The molecular weight excluding hydrogens is 436 g/mol. The van der Waals surface area contributed by atoms with Crippen molar-refractivity contribution in [1.29, 1.82) is 0 Å². The monoisotopic (exact) mass is 458 g/mol. The lowest BCUT2D eigenvalue weighted by Gasteiger charge is -2.20. The molecule has 31 heavy (non-hydrogen) atoms. The van der Waals surface area contributed by atoms with E-state index in [0.717, 1.165) is 18.4 Å². The van der Waals surface area contributed by atoms with Crippen molar-refractivity contribution in [3.8, 4) is 0 Å². The third kappa shape index (κ3) is 4.81. The fraction of sp³-hybridized carbons (Fsp3) is 0.273. The molecule has 0 spiro atoms. The van der Waals surface area contributed by atoms with Gasteiger partial charge in [0, 0.05) is 36.1 Å². The third-order valence-corrected chi connectivity index (χ3v) is 7.03. The molecule has 1 saturated carbocycles. The Kier molecular flexibility index (Phi) is 5.88. The summed E-state index contributed by atoms with van der Waals surface area (Å²) in [5.74, 6) is 0.261. The number of halogens is 1. The number of sulfonamides is 1. The van der Waals surface area contributed by atoms with Crippen molar-refractivity contribution in [3.63, 3.8) is 0 Å². The van der Waals surface area contributed by atoms with Gasteiger partial charge in [-0.3, -0.25) is 4.79 Å². The second-order valence-corrected chi connectivity index (χ2v) is 9.88. The minimum atomic E-state index is -3.67. The topological polar surface area (TPSA) is 93.1 Å². The number of carbonyl (C=O) groups excluding carboxylic acids is 1. The first-order chi connectivity index (χ1) is 14.7. The van der Waals surface area contributed by atoms with E-state index in [-0.39, 0.29) is 16.8 Å². The molecule has 9 heteroatoms. The Morgan fingerprint density at radius 1 is 1.19 bits per heavy atom. The van der Waals surface area contributed by atoms with Gasteiger partial charge >= 0.3 is 0 Å². The minimum Gasteiger partial charge on any atom is -0.338 e. The van der Waals surface area contributed by atoms with E-state index in [9.17, 15) is 13.2 Å². The smallest absolute Gasteiger partial charge is 0.252 e. The predicted molar refractivity (Wildman–Crippen MR) is 118 cm³/mol. The molecule has 1 aliphatic carbocycles. The van der Waals surface area contributed by atoms with Gasteiger partial charge in [0.2, 0.25) is 10.0 Å². The molecule has 0 radical (unpaired) electrons. The molecule has 7 nitrogen and oxygen atoms in total. The highest BCUT2D eigenvalue weighted by Crippen LogP contribution is 2.25. The van der Waals surface area contributed by atoms with Crippen LogP contribution in [0.3, 0.4) is 0 Å². The van der Waals surface area contributed by atoms with Gasteiger partial charge in [0.25, 0.3) is 5.91 Å². The van der Waals surface area contributed by atoms with Gasteiger partial charge in [-0.15, -0.1) is 0 Å². The Morgan fingerprint density at radius 3 is 2.52 bits per heavy atom. The highest BCUT2D eigenvalue weighted by Gasteiger charge is 2.29. The fourth-order valence-electron chi connectivity index (χ4n) is 3.32. The zero-order chi connectivity index (χ0) is 22.2. The van der Waals surface area contributed by atoms with Crippen LogP contribution in [-0.4, -0.2) is 29.9 Å². The average molecular weight is 459 g/mol. The summed E-state index contributed by atoms with van der Waals surface area (Å²) in [6.45, 7) is 1.78. The van der Waals surface area contributed by atoms with Gasteiger partial charge in [0.15, 0.2) is 0 Å². The molecule has 1 atom stereocenters. The molecule has 0 unspecified atom stereocenters. The maximum Gasteiger partial charge on any atom is 0.252 e. The van der Waals surface area contributed by atoms with Gasteiger partial charge in [-0.25, -0.2) is 18.1 Å². The van der Waals surface area contributed by atoms with Crippen LogP contribution < -0.4 is 10.0 Å². The number of aryl methyl sites for hydroxylation is 2. The number of hydrogen-bond acceptors (Lipinski definition) is 4. The van der Waals surface area contributed by atoms with Crippen molar-refractivity contribution in [2.45, 2.75) is 36.7 Å². The summed E-state index contributed by atoms with van der Waals surface area (Å²) in [7, 11) is -1.82. The van der Waals surface area contributed by atoms with Gasteiger partial charge in [-0.05, 0) is 55.2 Å². The molecule has 0 saturated heterocycles. The minimum absolute atomic E-state index is 0.0127. The SMILES string of the molecule is Cc1ccc(S(=O)(=O)NC2CC2)cc1C(=O)N[C@H](c1ccc(Cl)cc1)c1nccn1C. The molecule has 3 aromatic rings. The van der Waals surface area contributed by atoms with E-state index in [2.05, 4.69) is 15.0 Å². The zero-order valence-electron chi connectivity index (χ0n) is 17.2. The number of amides is 1. The third-order valence-electron chi connectivity index (χ3n) is 5.26. The van der Waals surface area contributed by atoms with E-state index in [1.165, 1.54) is 12.1 Å². The van der Waals surface area contributed by atoms with Crippen LogP contribution in [0.25, 0.3) is 0 Å². The van der Waals surface area contributed by atoms with Crippen LogP contribution in [0.5, 0.6) is 0 Å². The molecule has 1 fully saturated rings. The number of hydrogen-bond donors (Lipinski definition) is 2. The molecule has 1 aromatic heterocycles. The maximum absolute atomic E-state index is 13.2. The fourth-order valence-corrected chi connectivity index (χ4v) is 4.77. The summed E-state index contributed by atoms with van der Waals surface area (Å²) in [6.07, 6.45) is 5.13.